The van der Waals surface area contributed by atoms with Gasteiger partial charge in [0.25, 0.3) is 0 Å². The molecule has 0 aromatic carbocycles. The maximum atomic E-state index is 5.92. The predicted octanol–water partition coefficient (Wildman–Crippen LogP) is -0.306. The predicted molar refractivity (Wildman–Crippen MR) is 47.7 cm³/mol. The molecule has 0 amide bonds. The molecule has 2 heterocycles. The third-order valence-corrected chi connectivity index (χ3v) is 3.17. The monoisotopic (exact) mass is 176 g/mol. The van der Waals surface area contributed by atoms with Crippen LogP contribution < -0.4 is 11.1 Å². The van der Waals surface area contributed by atoms with Crippen molar-refractivity contribution in [3.63, 3.8) is 0 Å². The summed E-state index contributed by atoms with van der Waals surface area (Å²) in [6.07, 6.45) is 3.38. The van der Waals surface area contributed by atoms with Crippen LogP contribution in [0.15, 0.2) is 18.6 Å². The molecule has 1 saturated heterocycles. The largest absolute Gasteiger partial charge is 0.327 e. The molecule has 1 saturated carbocycles. The number of rotatable bonds is 1. The molecule has 1 aliphatic heterocycles. The lowest BCUT2D eigenvalue weighted by atomic mass is 10.1. The molecule has 2 fully saturated rings. The molecule has 4 nitrogen and oxygen atoms in total. The molecule has 4 unspecified atom stereocenters. The van der Waals surface area contributed by atoms with E-state index in [4.69, 9.17) is 5.73 Å². The van der Waals surface area contributed by atoms with Crippen LogP contribution in [0, 0.1) is 11.8 Å². The molecular formula is C9H12N4. The molecule has 0 spiro atoms. The fourth-order valence-corrected chi connectivity index (χ4v) is 2.36. The fraction of sp³-hybridized carbons (Fsp3) is 0.556. The van der Waals surface area contributed by atoms with Crippen LogP contribution in [-0.2, 0) is 0 Å². The summed E-state index contributed by atoms with van der Waals surface area (Å²) < 4.78 is 0. The van der Waals surface area contributed by atoms with Crippen molar-refractivity contribution < 1.29 is 0 Å². The summed E-state index contributed by atoms with van der Waals surface area (Å²) in [4.78, 5) is 8.15. The minimum absolute atomic E-state index is 0.364. The van der Waals surface area contributed by atoms with Crippen molar-refractivity contribution in [2.45, 2.75) is 12.1 Å². The molecule has 13 heavy (non-hydrogen) atoms. The van der Waals surface area contributed by atoms with Crippen LogP contribution in [0.25, 0.3) is 0 Å². The quantitative estimate of drug-likeness (QED) is 0.616. The summed E-state index contributed by atoms with van der Waals surface area (Å²) in [5.74, 6) is 1.29. The normalized spacial score (nSPS) is 41.6. The van der Waals surface area contributed by atoms with Crippen LogP contribution in [0.3, 0.4) is 0 Å². The molecule has 2 aliphatic rings. The summed E-state index contributed by atoms with van der Waals surface area (Å²) in [7, 11) is 0. The second kappa shape index (κ2) is 2.49. The Bertz CT molecular complexity index is 313. The van der Waals surface area contributed by atoms with Gasteiger partial charge in [0.2, 0.25) is 0 Å². The van der Waals surface area contributed by atoms with Gasteiger partial charge in [0.15, 0.2) is 0 Å². The van der Waals surface area contributed by atoms with Crippen LogP contribution in [0.4, 0.5) is 0 Å². The van der Waals surface area contributed by atoms with E-state index in [9.17, 15) is 0 Å². The van der Waals surface area contributed by atoms with Crippen molar-refractivity contribution in [1.82, 2.24) is 15.3 Å². The van der Waals surface area contributed by atoms with E-state index in [1.807, 2.05) is 6.07 Å². The number of hydrogen-bond acceptors (Lipinski definition) is 4. The van der Waals surface area contributed by atoms with Crippen molar-refractivity contribution in [2.75, 3.05) is 6.54 Å². The lowest BCUT2D eigenvalue weighted by Gasteiger charge is -2.12. The second-order valence-electron chi connectivity index (χ2n) is 3.84. The molecule has 1 aromatic heterocycles. The Balaban J connectivity index is 1.87. The number of aromatic nitrogens is 2. The van der Waals surface area contributed by atoms with Crippen LogP contribution >= 0.6 is 0 Å². The average molecular weight is 176 g/mol. The minimum atomic E-state index is 0.364. The Morgan fingerprint density at radius 2 is 2.46 bits per heavy atom. The first-order valence-corrected chi connectivity index (χ1v) is 4.63. The zero-order valence-corrected chi connectivity index (χ0v) is 7.22. The van der Waals surface area contributed by atoms with E-state index < -0.39 is 0 Å². The number of nitrogens with zero attached hydrogens (tertiary/aromatic N) is 2. The van der Waals surface area contributed by atoms with Gasteiger partial charge in [0, 0.05) is 24.7 Å². The first kappa shape index (κ1) is 7.41. The Kier molecular flexibility index (Phi) is 1.42. The highest BCUT2D eigenvalue weighted by atomic mass is 15.1. The summed E-state index contributed by atoms with van der Waals surface area (Å²) in [6.45, 7) is 1.04. The number of hydrogen-bond donors (Lipinski definition) is 2. The van der Waals surface area contributed by atoms with Crippen LogP contribution in [0.2, 0.25) is 0 Å². The number of nitrogens with one attached hydrogen (secondary N) is 1. The molecular weight excluding hydrogens is 164 g/mol. The first-order valence-electron chi connectivity index (χ1n) is 4.63. The van der Waals surface area contributed by atoms with E-state index in [0.717, 1.165) is 12.2 Å². The van der Waals surface area contributed by atoms with E-state index in [0.29, 0.717) is 23.9 Å². The highest BCUT2D eigenvalue weighted by Crippen LogP contribution is 2.49. The Morgan fingerprint density at radius 3 is 3.08 bits per heavy atom. The standard InChI is InChI=1S/C9H12N4/c10-8-5-3-12-9(7(5)8)6-1-2-11-4-13-6/h1-2,4-5,7-9,12H,3,10H2. The molecule has 0 bridgehead atoms. The van der Waals surface area contributed by atoms with E-state index in [1.165, 1.54) is 0 Å². The Morgan fingerprint density at radius 1 is 1.54 bits per heavy atom. The van der Waals surface area contributed by atoms with Gasteiger partial charge in [-0.05, 0) is 12.0 Å². The molecule has 1 aliphatic carbocycles. The van der Waals surface area contributed by atoms with Gasteiger partial charge in [0.05, 0.1) is 11.7 Å². The van der Waals surface area contributed by atoms with Crippen molar-refractivity contribution >= 4 is 0 Å². The maximum Gasteiger partial charge on any atom is 0.115 e. The van der Waals surface area contributed by atoms with Gasteiger partial charge >= 0.3 is 0 Å². The molecule has 3 rings (SSSR count). The molecule has 68 valence electrons. The van der Waals surface area contributed by atoms with Crippen LogP contribution in [-0.4, -0.2) is 22.6 Å². The lowest BCUT2D eigenvalue weighted by Crippen LogP contribution is -2.26. The van der Waals surface area contributed by atoms with Crippen molar-refractivity contribution in [3.8, 4) is 0 Å². The van der Waals surface area contributed by atoms with Crippen molar-refractivity contribution in [2.24, 2.45) is 17.6 Å². The van der Waals surface area contributed by atoms with Crippen LogP contribution in [0.5, 0.6) is 0 Å². The minimum Gasteiger partial charge on any atom is -0.327 e. The van der Waals surface area contributed by atoms with Gasteiger partial charge in [-0.2, -0.15) is 0 Å². The van der Waals surface area contributed by atoms with Gasteiger partial charge in [-0.3, -0.25) is 0 Å². The Labute approximate surface area is 76.6 Å². The fourth-order valence-electron chi connectivity index (χ4n) is 2.36. The number of fused-ring (bicyclic) bond motifs is 1. The van der Waals surface area contributed by atoms with E-state index in [-0.39, 0.29) is 0 Å². The van der Waals surface area contributed by atoms with Gasteiger partial charge in [0.1, 0.15) is 6.33 Å². The van der Waals surface area contributed by atoms with E-state index in [1.54, 1.807) is 12.5 Å². The highest BCUT2D eigenvalue weighted by molar-refractivity contribution is 5.20. The average Bonchev–Trinajstić information content (AvgIpc) is 2.67. The van der Waals surface area contributed by atoms with E-state index in [2.05, 4.69) is 15.3 Å². The second-order valence-corrected chi connectivity index (χ2v) is 3.84. The zero-order valence-electron chi connectivity index (χ0n) is 7.22. The van der Waals surface area contributed by atoms with Gasteiger partial charge in [-0.15, -0.1) is 0 Å². The molecule has 1 aromatic rings. The summed E-state index contributed by atoms with van der Waals surface area (Å²) in [5, 5.41) is 3.43. The number of nitrogens with two attached hydrogens (primary N) is 1. The summed E-state index contributed by atoms with van der Waals surface area (Å²) >= 11 is 0. The lowest BCUT2D eigenvalue weighted by molar-refractivity contribution is 0.523. The maximum absolute atomic E-state index is 5.92. The Hall–Kier alpha value is -1.00. The SMILES string of the molecule is NC1C2CNC(c3ccncn3)C12. The smallest absolute Gasteiger partial charge is 0.115 e. The van der Waals surface area contributed by atoms with Crippen molar-refractivity contribution in [1.29, 1.82) is 0 Å². The van der Waals surface area contributed by atoms with Gasteiger partial charge in [-0.25, -0.2) is 9.97 Å². The number of piperidine rings is 1. The molecule has 0 radical (unpaired) electrons. The molecule has 3 N–H and O–H groups in total. The first-order chi connectivity index (χ1) is 6.38. The third-order valence-electron chi connectivity index (χ3n) is 3.17. The molecule has 4 atom stereocenters. The summed E-state index contributed by atoms with van der Waals surface area (Å²) in [6, 6.07) is 2.72. The molecule has 4 heteroatoms. The van der Waals surface area contributed by atoms with Gasteiger partial charge in [-0.1, -0.05) is 0 Å². The van der Waals surface area contributed by atoms with Crippen molar-refractivity contribution in [3.05, 3.63) is 24.3 Å². The zero-order chi connectivity index (χ0) is 8.84. The third kappa shape index (κ3) is 0.990. The topological polar surface area (TPSA) is 63.8 Å². The van der Waals surface area contributed by atoms with Gasteiger partial charge < -0.3 is 11.1 Å². The van der Waals surface area contributed by atoms with Crippen LogP contribution in [0.1, 0.15) is 11.7 Å². The summed E-state index contributed by atoms with van der Waals surface area (Å²) in [5.41, 5.74) is 7.00. The highest BCUT2D eigenvalue weighted by Gasteiger charge is 2.56. The van der Waals surface area contributed by atoms with E-state index >= 15 is 0 Å².